The Kier molecular flexibility index (Phi) is 12.7. The van der Waals surface area contributed by atoms with Crippen LogP contribution in [0.5, 0.6) is 11.5 Å². The zero-order valence-electron chi connectivity index (χ0n) is 53.1. The number of nitrogens with zero attached hydrogens (tertiary/aromatic N) is 6. The Balaban J connectivity index is 0.909. The summed E-state index contributed by atoms with van der Waals surface area (Å²) in [5, 5.41) is 0. The fourth-order valence-electron chi connectivity index (χ4n) is 16.3. The molecule has 0 spiro atoms. The van der Waals surface area contributed by atoms with Crippen LogP contribution >= 0.6 is 0 Å². The largest absolute Gasteiger partial charge is 0.458 e. The van der Waals surface area contributed by atoms with Crippen molar-refractivity contribution in [2.75, 3.05) is 29.4 Å². The average Bonchev–Trinajstić information content (AvgIpc) is 0.693. The molecule has 96 heavy (non-hydrogen) atoms. The minimum Gasteiger partial charge on any atom is -0.458 e. The maximum absolute atomic E-state index is 7.73. The predicted octanol–water partition coefficient (Wildman–Crippen LogP) is 19.2. The molecule has 452 valence electrons. The number of benzene rings is 14. The van der Waals surface area contributed by atoms with Gasteiger partial charge >= 0.3 is 0 Å². The van der Waals surface area contributed by atoms with Gasteiger partial charge in [-0.05, 0) is 177 Å². The third-order valence-corrected chi connectivity index (χ3v) is 20.3. The number of hydrogen-bond acceptors (Lipinski definition) is 7. The summed E-state index contributed by atoms with van der Waals surface area (Å²) in [5.41, 5.74) is 28.9. The molecule has 0 aromatic heterocycles. The first-order valence-electron chi connectivity index (χ1n) is 33.2. The van der Waals surface area contributed by atoms with Crippen LogP contribution in [-0.2, 0) is 5.41 Å². The lowest BCUT2D eigenvalue weighted by molar-refractivity contribution is 0.488. The predicted molar refractivity (Wildman–Crippen MR) is 402 cm³/mol. The highest BCUT2D eigenvalue weighted by Crippen LogP contribution is 2.55. The number of rotatable bonds is 10. The molecule has 9 heteroatoms. The fraction of sp³-hybridized carbons (Fsp3) is 0.0345. The SMILES string of the molecule is CC1(C)c2ccccc2N(c2ccc3c(c2)Oc2cc(N(c4ccccc4)c4ccccc4)cc4c2B3c2cc3c(cc2N4c2ccccc2)N(c2ccccc2)c2cc(N(c4ccccc4)c4ccccc4)cc4c2B3c2ccccc2N4c2ccccc2)c2ccccc21. The maximum Gasteiger partial charge on any atom is 0.256 e. The molecule has 0 saturated carbocycles. The van der Waals surface area contributed by atoms with Gasteiger partial charge in [-0.2, -0.15) is 0 Å². The molecule has 0 aliphatic carbocycles. The molecule has 5 aliphatic rings. The second-order valence-electron chi connectivity index (χ2n) is 26.0. The monoisotopic (exact) mass is 1230 g/mol. The van der Waals surface area contributed by atoms with E-state index < -0.39 is 0 Å². The zero-order valence-corrected chi connectivity index (χ0v) is 53.1. The van der Waals surface area contributed by atoms with Crippen LogP contribution in [0.1, 0.15) is 25.0 Å². The van der Waals surface area contributed by atoms with Crippen molar-refractivity contribution in [3.63, 3.8) is 0 Å². The van der Waals surface area contributed by atoms with Gasteiger partial charge in [-0.15, -0.1) is 0 Å². The molecule has 14 aromatic rings. The molecular formula is C87H62B2N6O. The molecule has 0 atom stereocenters. The summed E-state index contributed by atoms with van der Waals surface area (Å²) in [6, 6.07) is 125. The summed E-state index contributed by atoms with van der Waals surface area (Å²) >= 11 is 0. The van der Waals surface area contributed by atoms with Crippen molar-refractivity contribution in [1.82, 2.24) is 0 Å². The molecule has 0 N–H and O–H groups in total. The Bertz CT molecular complexity index is 5230. The zero-order chi connectivity index (χ0) is 63.6. The van der Waals surface area contributed by atoms with E-state index in [0.717, 1.165) is 125 Å². The lowest BCUT2D eigenvalue weighted by atomic mass is 9.30. The minimum atomic E-state index is -0.262. The highest BCUT2D eigenvalue weighted by atomic mass is 16.5. The third kappa shape index (κ3) is 8.56. The van der Waals surface area contributed by atoms with Crippen LogP contribution in [0.4, 0.5) is 102 Å². The summed E-state index contributed by atoms with van der Waals surface area (Å²) in [4.78, 5) is 14.8. The van der Waals surface area contributed by atoms with Crippen LogP contribution in [0.2, 0.25) is 0 Å². The van der Waals surface area contributed by atoms with E-state index in [1.165, 1.54) is 33.0 Å². The maximum atomic E-state index is 7.73. The van der Waals surface area contributed by atoms with Crippen molar-refractivity contribution in [3.05, 3.63) is 351 Å². The Hall–Kier alpha value is -12.2. The number of fused-ring (bicyclic) bond motifs is 10. The molecule has 0 saturated heterocycles. The molecular weight excluding hydrogens is 1170 g/mol. The van der Waals surface area contributed by atoms with Gasteiger partial charge in [0.2, 0.25) is 0 Å². The number of hydrogen-bond donors (Lipinski definition) is 0. The Labute approximate surface area is 561 Å². The van der Waals surface area contributed by atoms with E-state index in [9.17, 15) is 0 Å². The molecule has 5 heterocycles. The Morgan fingerprint density at radius 2 is 0.615 bits per heavy atom. The molecule has 14 aromatic carbocycles. The number of ether oxygens (including phenoxy) is 1. The molecule has 0 fully saturated rings. The molecule has 0 unspecified atom stereocenters. The van der Waals surface area contributed by atoms with Crippen LogP contribution in [0.25, 0.3) is 0 Å². The van der Waals surface area contributed by atoms with Crippen molar-refractivity contribution in [2.45, 2.75) is 19.3 Å². The van der Waals surface area contributed by atoms with Gasteiger partial charge in [0.25, 0.3) is 13.4 Å². The number of para-hydroxylation sites is 10. The quantitative estimate of drug-likeness (QED) is 0.126. The van der Waals surface area contributed by atoms with Gasteiger partial charge in [-0.25, -0.2) is 0 Å². The Morgan fingerprint density at radius 1 is 0.250 bits per heavy atom. The van der Waals surface area contributed by atoms with E-state index in [1.807, 2.05) is 0 Å². The Morgan fingerprint density at radius 3 is 1.08 bits per heavy atom. The first-order chi connectivity index (χ1) is 47.4. The van der Waals surface area contributed by atoms with E-state index >= 15 is 0 Å². The minimum absolute atomic E-state index is 0.189. The summed E-state index contributed by atoms with van der Waals surface area (Å²) in [6.07, 6.45) is 0. The van der Waals surface area contributed by atoms with Crippen LogP contribution in [-0.4, -0.2) is 13.4 Å². The first kappa shape index (κ1) is 55.4. The van der Waals surface area contributed by atoms with E-state index in [-0.39, 0.29) is 18.8 Å². The van der Waals surface area contributed by atoms with Crippen molar-refractivity contribution >= 4 is 149 Å². The second kappa shape index (κ2) is 22.0. The van der Waals surface area contributed by atoms with Crippen LogP contribution in [0.15, 0.2) is 340 Å². The molecule has 19 rings (SSSR count). The van der Waals surface area contributed by atoms with Crippen molar-refractivity contribution < 1.29 is 4.74 Å². The van der Waals surface area contributed by atoms with E-state index in [2.05, 4.69) is 383 Å². The van der Waals surface area contributed by atoms with Crippen molar-refractivity contribution in [2.24, 2.45) is 0 Å². The van der Waals surface area contributed by atoms with Gasteiger partial charge in [0.15, 0.2) is 0 Å². The van der Waals surface area contributed by atoms with Crippen LogP contribution in [0.3, 0.4) is 0 Å². The van der Waals surface area contributed by atoms with Gasteiger partial charge in [-0.3, -0.25) is 0 Å². The van der Waals surface area contributed by atoms with Crippen LogP contribution < -0.4 is 66.9 Å². The van der Waals surface area contributed by atoms with Crippen LogP contribution in [0, 0.1) is 0 Å². The normalized spacial score (nSPS) is 13.8. The van der Waals surface area contributed by atoms with Gasteiger partial charge in [-0.1, -0.05) is 208 Å². The van der Waals surface area contributed by atoms with Crippen molar-refractivity contribution in [3.8, 4) is 11.5 Å². The second-order valence-corrected chi connectivity index (χ2v) is 26.0. The summed E-state index contributed by atoms with van der Waals surface area (Å²) in [6.45, 7) is 4.25. The molecule has 0 amide bonds. The molecule has 0 radical (unpaired) electrons. The van der Waals surface area contributed by atoms with Gasteiger partial charge in [0.05, 0.1) is 22.7 Å². The average molecular weight is 1230 g/mol. The highest BCUT2D eigenvalue weighted by Gasteiger charge is 2.49. The van der Waals surface area contributed by atoms with E-state index in [0.29, 0.717) is 0 Å². The summed E-state index contributed by atoms with van der Waals surface area (Å²) in [7, 11) is 0. The summed E-state index contributed by atoms with van der Waals surface area (Å²) < 4.78 is 7.73. The third-order valence-electron chi connectivity index (χ3n) is 20.3. The fourth-order valence-corrected chi connectivity index (χ4v) is 16.3. The molecule has 7 nitrogen and oxygen atoms in total. The van der Waals surface area contributed by atoms with Gasteiger partial charge in [0, 0.05) is 97.2 Å². The van der Waals surface area contributed by atoms with E-state index in [4.69, 9.17) is 4.74 Å². The van der Waals surface area contributed by atoms with Crippen molar-refractivity contribution in [1.29, 1.82) is 0 Å². The lowest BCUT2D eigenvalue weighted by Crippen LogP contribution is -2.64. The molecule has 0 bridgehead atoms. The molecule has 5 aliphatic heterocycles. The number of anilines is 18. The van der Waals surface area contributed by atoms with Gasteiger partial charge < -0.3 is 34.1 Å². The summed E-state index contributed by atoms with van der Waals surface area (Å²) in [5.74, 6) is 1.64. The van der Waals surface area contributed by atoms with Gasteiger partial charge in [0.1, 0.15) is 11.5 Å². The lowest BCUT2D eigenvalue weighted by Gasteiger charge is -2.47. The topological polar surface area (TPSA) is 28.7 Å². The smallest absolute Gasteiger partial charge is 0.256 e. The first-order valence-corrected chi connectivity index (χ1v) is 33.2. The van der Waals surface area contributed by atoms with E-state index in [1.54, 1.807) is 0 Å². The standard InChI is InChI=1S/C87H62B2N6O/c1-87(2)69-44-24-27-47-75(69)95(76-48-28-25-45-70(76)87)66-50-51-72-83(55-66)96-84-56-68(91(61-34-14-5-15-35-61)62-36-16-6-17-37-62)54-82-86(84)89(72)74-57-73-78(58-79(74)94(82)65-42-22-9-23-43-65)93(64-40-20-8-21-41-64)81-53-67(90(59-30-10-3-11-31-59)60-32-12-4-13-33-60)52-80-85(81)88(73)71-46-26-29-49-77(71)92(80)63-38-18-7-19-39-63/h3-58H,1-2H3. The highest BCUT2D eigenvalue weighted by molar-refractivity contribution is 7.02.